The molecule has 0 amide bonds. The highest BCUT2D eigenvalue weighted by molar-refractivity contribution is 5.75. The number of hydrogen-bond acceptors (Lipinski definition) is 1. The SMILES string of the molecule is CCCC1(C(=O)O)CC2CC2C1. The number of carbonyl (C=O) groups is 1. The Balaban J connectivity index is 2.08. The fraction of sp³-hybridized carbons (Fsp3) is 0.900. The summed E-state index contributed by atoms with van der Waals surface area (Å²) in [5, 5.41) is 9.13. The van der Waals surface area contributed by atoms with Crippen LogP contribution in [0.3, 0.4) is 0 Å². The Labute approximate surface area is 73.0 Å². The van der Waals surface area contributed by atoms with E-state index in [4.69, 9.17) is 5.11 Å². The van der Waals surface area contributed by atoms with Gasteiger partial charge in [0.15, 0.2) is 0 Å². The lowest BCUT2D eigenvalue weighted by Gasteiger charge is -2.24. The minimum absolute atomic E-state index is 0.317. The van der Waals surface area contributed by atoms with Gasteiger partial charge in [0.1, 0.15) is 0 Å². The Morgan fingerprint density at radius 1 is 1.50 bits per heavy atom. The molecule has 0 aromatic rings. The van der Waals surface area contributed by atoms with Gasteiger partial charge in [0.05, 0.1) is 5.41 Å². The number of carboxylic acids is 1. The smallest absolute Gasteiger partial charge is 0.309 e. The molecule has 68 valence electrons. The van der Waals surface area contributed by atoms with Gasteiger partial charge in [0, 0.05) is 0 Å². The summed E-state index contributed by atoms with van der Waals surface area (Å²) in [5.41, 5.74) is -0.317. The van der Waals surface area contributed by atoms with Crippen molar-refractivity contribution in [3.63, 3.8) is 0 Å². The maximum Gasteiger partial charge on any atom is 0.309 e. The van der Waals surface area contributed by atoms with Gasteiger partial charge in [0.2, 0.25) is 0 Å². The highest BCUT2D eigenvalue weighted by atomic mass is 16.4. The Morgan fingerprint density at radius 2 is 2.08 bits per heavy atom. The number of hydrogen-bond donors (Lipinski definition) is 1. The van der Waals surface area contributed by atoms with E-state index in [1.165, 1.54) is 6.42 Å². The van der Waals surface area contributed by atoms with E-state index < -0.39 is 5.97 Å². The van der Waals surface area contributed by atoms with E-state index in [1.807, 2.05) is 0 Å². The average Bonchev–Trinajstić information content (AvgIpc) is 2.60. The summed E-state index contributed by atoms with van der Waals surface area (Å²) in [6, 6.07) is 0. The van der Waals surface area contributed by atoms with Crippen molar-refractivity contribution < 1.29 is 9.90 Å². The molecule has 0 radical (unpaired) electrons. The first kappa shape index (κ1) is 8.09. The first-order valence-corrected chi connectivity index (χ1v) is 4.91. The van der Waals surface area contributed by atoms with E-state index in [1.54, 1.807) is 0 Å². The lowest BCUT2D eigenvalue weighted by Crippen LogP contribution is -2.29. The Hall–Kier alpha value is -0.530. The molecular formula is C10H16O2. The van der Waals surface area contributed by atoms with Crippen molar-refractivity contribution in [2.75, 3.05) is 0 Å². The molecule has 0 heterocycles. The van der Waals surface area contributed by atoms with Gasteiger partial charge < -0.3 is 5.11 Å². The summed E-state index contributed by atoms with van der Waals surface area (Å²) in [4.78, 5) is 11.1. The number of carboxylic acid groups (broad SMARTS) is 1. The van der Waals surface area contributed by atoms with Crippen LogP contribution in [-0.4, -0.2) is 11.1 Å². The molecule has 2 aliphatic carbocycles. The van der Waals surface area contributed by atoms with Gasteiger partial charge in [-0.3, -0.25) is 4.79 Å². The molecule has 2 saturated carbocycles. The van der Waals surface area contributed by atoms with Crippen molar-refractivity contribution in [2.45, 2.75) is 39.0 Å². The van der Waals surface area contributed by atoms with E-state index in [-0.39, 0.29) is 5.41 Å². The number of rotatable bonds is 3. The monoisotopic (exact) mass is 168 g/mol. The lowest BCUT2D eigenvalue weighted by atomic mass is 9.79. The van der Waals surface area contributed by atoms with E-state index in [0.717, 1.165) is 37.5 Å². The van der Waals surface area contributed by atoms with Crippen LogP contribution in [0, 0.1) is 17.3 Å². The molecule has 0 aromatic carbocycles. The van der Waals surface area contributed by atoms with Crippen molar-refractivity contribution in [1.82, 2.24) is 0 Å². The zero-order valence-electron chi connectivity index (χ0n) is 7.55. The fourth-order valence-corrected chi connectivity index (χ4v) is 2.86. The second-order valence-electron chi connectivity index (χ2n) is 4.50. The van der Waals surface area contributed by atoms with Crippen LogP contribution in [0.5, 0.6) is 0 Å². The molecule has 2 fully saturated rings. The van der Waals surface area contributed by atoms with Crippen LogP contribution < -0.4 is 0 Å². The molecule has 0 bridgehead atoms. The highest BCUT2D eigenvalue weighted by Gasteiger charge is 2.56. The second-order valence-corrected chi connectivity index (χ2v) is 4.50. The van der Waals surface area contributed by atoms with E-state index in [0.29, 0.717) is 0 Å². The predicted octanol–water partition coefficient (Wildman–Crippen LogP) is 2.29. The third kappa shape index (κ3) is 1.05. The minimum Gasteiger partial charge on any atom is -0.481 e. The van der Waals surface area contributed by atoms with E-state index in [9.17, 15) is 4.79 Å². The molecule has 0 aromatic heterocycles. The summed E-state index contributed by atoms with van der Waals surface area (Å²) in [6.07, 6.45) is 5.11. The van der Waals surface area contributed by atoms with Gasteiger partial charge in [0.25, 0.3) is 0 Å². The summed E-state index contributed by atoms with van der Waals surface area (Å²) in [5.74, 6) is 0.997. The molecule has 2 unspecified atom stereocenters. The predicted molar refractivity (Wildman–Crippen MR) is 45.8 cm³/mol. The fourth-order valence-electron chi connectivity index (χ4n) is 2.86. The third-order valence-corrected chi connectivity index (χ3v) is 3.56. The zero-order valence-corrected chi connectivity index (χ0v) is 7.55. The summed E-state index contributed by atoms with van der Waals surface area (Å²) < 4.78 is 0. The summed E-state index contributed by atoms with van der Waals surface area (Å²) in [6.45, 7) is 2.08. The first-order valence-electron chi connectivity index (χ1n) is 4.91. The van der Waals surface area contributed by atoms with Crippen LogP contribution in [0.4, 0.5) is 0 Å². The Kier molecular flexibility index (Phi) is 1.67. The van der Waals surface area contributed by atoms with Crippen LogP contribution in [-0.2, 0) is 4.79 Å². The molecule has 0 saturated heterocycles. The van der Waals surface area contributed by atoms with Crippen LogP contribution in [0.1, 0.15) is 39.0 Å². The van der Waals surface area contributed by atoms with Gasteiger partial charge in [-0.1, -0.05) is 13.3 Å². The third-order valence-electron chi connectivity index (χ3n) is 3.56. The van der Waals surface area contributed by atoms with Crippen molar-refractivity contribution in [1.29, 1.82) is 0 Å². The van der Waals surface area contributed by atoms with Crippen LogP contribution in [0.15, 0.2) is 0 Å². The maximum atomic E-state index is 11.1. The number of fused-ring (bicyclic) bond motifs is 1. The molecular weight excluding hydrogens is 152 g/mol. The topological polar surface area (TPSA) is 37.3 Å². The lowest BCUT2D eigenvalue weighted by molar-refractivity contribution is -0.149. The normalized spacial score (nSPS) is 44.1. The molecule has 12 heavy (non-hydrogen) atoms. The quantitative estimate of drug-likeness (QED) is 0.702. The molecule has 2 rings (SSSR count). The van der Waals surface area contributed by atoms with Gasteiger partial charge in [-0.25, -0.2) is 0 Å². The second kappa shape index (κ2) is 2.48. The van der Waals surface area contributed by atoms with Crippen molar-refractivity contribution in [3.05, 3.63) is 0 Å². The van der Waals surface area contributed by atoms with Crippen molar-refractivity contribution >= 4 is 5.97 Å². The zero-order chi connectivity index (χ0) is 8.77. The van der Waals surface area contributed by atoms with Gasteiger partial charge >= 0.3 is 5.97 Å². The molecule has 2 nitrogen and oxygen atoms in total. The van der Waals surface area contributed by atoms with Gasteiger partial charge in [-0.05, 0) is 37.5 Å². The van der Waals surface area contributed by atoms with Crippen molar-refractivity contribution in [2.24, 2.45) is 17.3 Å². The average molecular weight is 168 g/mol. The number of aliphatic carboxylic acids is 1. The van der Waals surface area contributed by atoms with E-state index >= 15 is 0 Å². The Morgan fingerprint density at radius 3 is 2.50 bits per heavy atom. The molecule has 2 aliphatic rings. The standard InChI is InChI=1S/C10H16O2/c1-2-3-10(9(11)12)5-7-4-8(7)6-10/h7-8H,2-6H2,1H3,(H,11,12). The molecule has 1 N–H and O–H groups in total. The Bertz CT molecular complexity index is 200. The molecule has 2 atom stereocenters. The summed E-state index contributed by atoms with van der Waals surface area (Å²) >= 11 is 0. The highest BCUT2D eigenvalue weighted by Crippen LogP contribution is 2.61. The minimum atomic E-state index is -0.545. The first-order chi connectivity index (χ1) is 5.68. The van der Waals surface area contributed by atoms with Crippen LogP contribution >= 0.6 is 0 Å². The van der Waals surface area contributed by atoms with E-state index in [2.05, 4.69) is 6.92 Å². The van der Waals surface area contributed by atoms with Crippen molar-refractivity contribution in [3.8, 4) is 0 Å². The largest absolute Gasteiger partial charge is 0.481 e. The van der Waals surface area contributed by atoms with Gasteiger partial charge in [-0.2, -0.15) is 0 Å². The summed E-state index contributed by atoms with van der Waals surface area (Å²) in [7, 11) is 0. The maximum absolute atomic E-state index is 11.1. The van der Waals surface area contributed by atoms with Crippen LogP contribution in [0.2, 0.25) is 0 Å². The molecule has 0 aliphatic heterocycles. The molecule has 2 heteroatoms. The van der Waals surface area contributed by atoms with Gasteiger partial charge in [-0.15, -0.1) is 0 Å². The molecule has 0 spiro atoms. The van der Waals surface area contributed by atoms with Crippen LogP contribution in [0.25, 0.3) is 0 Å².